The highest BCUT2D eigenvalue weighted by Gasteiger charge is 2.30. The normalized spacial score (nSPS) is 12.4. The van der Waals surface area contributed by atoms with Gasteiger partial charge in [0.2, 0.25) is 0 Å². The minimum Gasteiger partial charge on any atom is -0.484 e. The summed E-state index contributed by atoms with van der Waals surface area (Å²) >= 11 is 0. The van der Waals surface area contributed by atoms with Gasteiger partial charge in [-0.2, -0.15) is 13.2 Å². The van der Waals surface area contributed by atoms with Crippen molar-refractivity contribution < 1.29 is 22.7 Å². The summed E-state index contributed by atoms with van der Waals surface area (Å²) < 4.78 is 42.8. The summed E-state index contributed by atoms with van der Waals surface area (Å²) in [4.78, 5) is 16.4. The van der Waals surface area contributed by atoms with Crippen LogP contribution in [0.2, 0.25) is 0 Å². The van der Waals surface area contributed by atoms with E-state index in [1.165, 1.54) is 12.1 Å². The molecule has 0 aliphatic rings. The number of nitrogens with one attached hydrogen (secondary N) is 2. The molecule has 27 heavy (non-hydrogen) atoms. The zero-order chi connectivity index (χ0) is 20.0. The first-order valence-corrected chi connectivity index (χ1v) is 8.51. The van der Waals surface area contributed by atoms with E-state index < -0.39 is 11.7 Å². The van der Waals surface area contributed by atoms with Gasteiger partial charge in [0.05, 0.1) is 11.6 Å². The number of carbonyl (C=O) groups is 1. The number of hydrogen-bond donors (Lipinski definition) is 2. The average molecular weight is 381 g/mol. The van der Waals surface area contributed by atoms with E-state index in [1.807, 2.05) is 32.9 Å². The van der Waals surface area contributed by atoms with Crippen LogP contribution < -0.4 is 15.4 Å². The van der Waals surface area contributed by atoms with Gasteiger partial charge < -0.3 is 15.4 Å². The number of amides is 1. The Morgan fingerprint density at radius 2 is 1.89 bits per heavy atom. The standard InChI is InChI=1S/C19H22F3N3O2/c1-4-23-17-10-14(9-12(2)24-17)13(3)25-18(26)11-27-16-7-5-15(6-8-16)19(20,21)22/h5-10,13H,4,11H2,1-3H3,(H,23,24)(H,25,26). The molecule has 1 aromatic carbocycles. The molecule has 0 spiro atoms. The lowest BCUT2D eigenvalue weighted by Crippen LogP contribution is -2.31. The maximum atomic E-state index is 12.5. The largest absolute Gasteiger partial charge is 0.484 e. The Balaban J connectivity index is 1.91. The van der Waals surface area contributed by atoms with Gasteiger partial charge in [0.25, 0.3) is 5.91 Å². The molecule has 5 nitrogen and oxygen atoms in total. The summed E-state index contributed by atoms with van der Waals surface area (Å²) in [6.07, 6.45) is -4.40. The van der Waals surface area contributed by atoms with E-state index >= 15 is 0 Å². The molecule has 2 aromatic rings. The molecular weight excluding hydrogens is 359 g/mol. The Labute approximate surface area is 155 Å². The highest BCUT2D eigenvalue weighted by atomic mass is 19.4. The average Bonchev–Trinajstić information content (AvgIpc) is 2.59. The molecule has 0 aliphatic carbocycles. The SMILES string of the molecule is CCNc1cc(C(C)NC(=O)COc2ccc(C(F)(F)F)cc2)cc(C)n1. The molecular formula is C19H22F3N3O2. The van der Waals surface area contributed by atoms with Gasteiger partial charge in [-0.25, -0.2) is 4.98 Å². The van der Waals surface area contributed by atoms with Gasteiger partial charge in [-0.3, -0.25) is 4.79 Å². The molecule has 1 atom stereocenters. The van der Waals surface area contributed by atoms with Gasteiger partial charge in [0.1, 0.15) is 11.6 Å². The molecule has 2 rings (SSSR count). The smallest absolute Gasteiger partial charge is 0.416 e. The van der Waals surface area contributed by atoms with Crippen molar-refractivity contribution in [2.24, 2.45) is 0 Å². The second-order valence-electron chi connectivity index (χ2n) is 6.06. The topological polar surface area (TPSA) is 63.2 Å². The first kappa shape index (κ1) is 20.5. The number of carbonyl (C=O) groups excluding carboxylic acids is 1. The number of alkyl halides is 3. The highest BCUT2D eigenvalue weighted by molar-refractivity contribution is 5.78. The number of aromatic nitrogens is 1. The number of ether oxygens (including phenoxy) is 1. The van der Waals surface area contributed by atoms with Crippen LogP contribution in [0, 0.1) is 6.92 Å². The number of nitrogens with zero attached hydrogens (tertiary/aromatic N) is 1. The van der Waals surface area contributed by atoms with Crippen LogP contribution in [-0.2, 0) is 11.0 Å². The lowest BCUT2D eigenvalue weighted by Gasteiger charge is -2.16. The molecule has 1 aromatic heterocycles. The summed E-state index contributed by atoms with van der Waals surface area (Å²) in [6.45, 7) is 6.11. The van der Waals surface area contributed by atoms with E-state index in [-0.39, 0.29) is 24.3 Å². The molecule has 0 fully saturated rings. The number of halogens is 3. The summed E-state index contributed by atoms with van der Waals surface area (Å²) in [5.74, 6) is 0.552. The van der Waals surface area contributed by atoms with Gasteiger partial charge in [-0.05, 0) is 62.7 Å². The maximum Gasteiger partial charge on any atom is 0.416 e. The van der Waals surface area contributed by atoms with Gasteiger partial charge in [0, 0.05) is 12.2 Å². The first-order chi connectivity index (χ1) is 12.7. The molecule has 0 saturated heterocycles. The van der Waals surface area contributed by atoms with Crippen LogP contribution in [0.25, 0.3) is 0 Å². The zero-order valence-corrected chi connectivity index (χ0v) is 15.4. The van der Waals surface area contributed by atoms with Crippen molar-refractivity contribution in [3.05, 3.63) is 53.2 Å². The van der Waals surface area contributed by atoms with Crippen LogP contribution in [0.5, 0.6) is 5.75 Å². The molecule has 0 radical (unpaired) electrons. The second-order valence-corrected chi connectivity index (χ2v) is 6.06. The highest BCUT2D eigenvalue weighted by Crippen LogP contribution is 2.30. The van der Waals surface area contributed by atoms with E-state index in [9.17, 15) is 18.0 Å². The lowest BCUT2D eigenvalue weighted by atomic mass is 10.1. The van der Waals surface area contributed by atoms with Gasteiger partial charge in [-0.15, -0.1) is 0 Å². The third kappa shape index (κ3) is 6.16. The molecule has 1 amide bonds. The summed E-state index contributed by atoms with van der Waals surface area (Å²) in [5, 5.41) is 5.93. The predicted molar refractivity (Wildman–Crippen MR) is 96.6 cm³/mol. The number of hydrogen-bond acceptors (Lipinski definition) is 4. The zero-order valence-electron chi connectivity index (χ0n) is 15.4. The Morgan fingerprint density at radius 1 is 1.22 bits per heavy atom. The van der Waals surface area contributed by atoms with Gasteiger partial charge in [-0.1, -0.05) is 0 Å². The van der Waals surface area contributed by atoms with E-state index in [2.05, 4.69) is 15.6 Å². The minimum absolute atomic E-state index is 0.194. The van der Waals surface area contributed by atoms with Crippen molar-refractivity contribution >= 4 is 11.7 Å². The molecule has 0 saturated carbocycles. The van der Waals surface area contributed by atoms with E-state index in [4.69, 9.17) is 4.74 Å². The van der Waals surface area contributed by atoms with Gasteiger partial charge in [0.15, 0.2) is 6.61 Å². The van der Waals surface area contributed by atoms with Crippen molar-refractivity contribution in [2.45, 2.75) is 33.0 Å². The fraction of sp³-hybridized carbons (Fsp3) is 0.368. The molecule has 2 N–H and O–H groups in total. The molecule has 146 valence electrons. The lowest BCUT2D eigenvalue weighted by molar-refractivity contribution is -0.137. The van der Waals surface area contributed by atoms with Crippen LogP contribution in [-0.4, -0.2) is 24.0 Å². The van der Waals surface area contributed by atoms with Crippen molar-refractivity contribution in [1.29, 1.82) is 0 Å². The van der Waals surface area contributed by atoms with Crippen LogP contribution in [0.4, 0.5) is 19.0 Å². The minimum atomic E-state index is -4.40. The Kier molecular flexibility index (Phi) is 6.65. The monoisotopic (exact) mass is 381 g/mol. The summed E-state index contributed by atoms with van der Waals surface area (Å²) in [7, 11) is 0. The number of benzene rings is 1. The number of anilines is 1. The predicted octanol–water partition coefficient (Wildman–Crippen LogP) is 4.10. The molecule has 1 unspecified atom stereocenters. The number of aryl methyl sites for hydroxylation is 1. The molecule has 1 heterocycles. The summed E-state index contributed by atoms with van der Waals surface area (Å²) in [5.41, 5.74) is 0.948. The maximum absolute atomic E-state index is 12.5. The third-order valence-corrected chi connectivity index (χ3v) is 3.76. The van der Waals surface area contributed by atoms with Crippen LogP contribution in [0.1, 0.15) is 36.7 Å². The van der Waals surface area contributed by atoms with Crippen molar-refractivity contribution in [3.8, 4) is 5.75 Å². The van der Waals surface area contributed by atoms with Gasteiger partial charge >= 0.3 is 6.18 Å². The van der Waals surface area contributed by atoms with Crippen molar-refractivity contribution in [1.82, 2.24) is 10.3 Å². The van der Waals surface area contributed by atoms with Crippen LogP contribution in [0.15, 0.2) is 36.4 Å². The Hall–Kier alpha value is -2.77. The van der Waals surface area contributed by atoms with E-state index in [0.717, 1.165) is 35.8 Å². The molecule has 8 heteroatoms. The Bertz CT molecular complexity index is 777. The van der Waals surface area contributed by atoms with E-state index in [1.54, 1.807) is 0 Å². The number of rotatable bonds is 7. The van der Waals surface area contributed by atoms with Crippen LogP contribution >= 0.6 is 0 Å². The van der Waals surface area contributed by atoms with Crippen LogP contribution in [0.3, 0.4) is 0 Å². The second kappa shape index (κ2) is 8.75. The van der Waals surface area contributed by atoms with Crippen molar-refractivity contribution in [2.75, 3.05) is 18.5 Å². The van der Waals surface area contributed by atoms with Crippen molar-refractivity contribution in [3.63, 3.8) is 0 Å². The summed E-state index contributed by atoms with van der Waals surface area (Å²) in [6, 6.07) is 7.67. The Morgan fingerprint density at radius 3 is 2.48 bits per heavy atom. The first-order valence-electron chi connectivity index (χ1n) is 8.51. The third-order valence-electron chi connectivity index (χ3n) is 3.76. The van der Waals surface area contributed by atoms with E-state index in [0.29, 0.717) is 0 Å². The molecule has 0 bridgehead atoms. The fourth-order valence-corrected chi connectivity index (χ4v) is 2.47. The fourth-order valence-electron chi connectivity index (χ4n) is 2.47. The number of pyridine rings is 1. The quantitative estimate of drug-likeness (QED) is 0.758. The molecule has 0 aliphatic heterocycles.